The highest BCUT2D eigenvalue weighted by molar-refractivity contribution is 5.62. The lowest BCUT2D eigenvalue weighted by Gasteiger charge is -1.98. The van der Waals surface area contributed by atoms with Gasteiger partial charge in [-0.1, -0.05) is 12.1 Å². The zero-order valence-electron chi connectivity index (χ0n) is 15.2. The van der Waals surface area contributed by atoms with Crippen LogP contribution in [-0.4, -0.2) is 41.3 Å². The first-order chi connectivity index (χ1) is 13.3. The molecule has 0 spiro atoms. The van der Waals surface area contributed by atoms with E-state index in [1.165, 1.54) is 0 Å². The Morgan fingerprint density at radius 1 is 1.07 bits per heavy atom. The summed E-state index contributed by atoms with van der Waals surface area (Å²) in [6.07, 6.45) is 12.5. The van der Waals surface area contributed by atoms with Gasteiger partial charge in [-0.3, -0.25) is 14.5 Å². The summed E-state index contributed by atoms with van der Waals surface area (Å²) in [4.78, 5) is 15.0. The third-order valence-electron chi connectivity index (χ3n) is 3.88. The van der Waals surface area contributed by atoms with E-state index in [2.05, 4.69) is 32.5 Å². The van der Waals surface area contributed by atoms with Crippen molar-refractivity contribution in [3.05, 3.63) is 54.2 Å². The van der Waals surface area contributed by atoms with Crippen molar-refractivity contribution < 1.29 is 0 Å². The highest BCUT2D eigenvalue weighted by Crippen LogP contribution is 2.19. The average molecular weight is 366 g/mol. The van der Waals surface area contributed by atoms with E-state index in [1.807, 2.05) is 35.4 Å². The summed E-state index contributed by atoms with van der Waals surface area (Å²) in [7, 11) is 0. The Labute approximate surface area is 156 Å². The van der Waals surface area contributed by atoms with Crippen LogP contribution in [0.15, 0.2) is 54.5 Å². The molecular formula is C18H22N8O. The molecule has 0 bridgehead atoms. The third kappa shape index (κ3) is 5.06. The maximum atomic E-state index is 10.2. The smallest absolute Gasteiger partial charge is 0.0917 e. The van der Waals surface area contributed by atoms with E-state index >= 15 is 0 Å². The Morgan fingerprint density at radius 3 is 2.56 bits per heavy atom. The van der Waals surface area contributed by atoms with Gasteiger partial charge in [0, 0.05) is 49.0 Å². The molecule has 9 nitrogen and oxygen atoms in total. The number of aromatic nitrogens is 7. The molecule has 1 N–H and O–H groups in total. The molecule has 3 aromatic heterocycles. The lowest BCUT2D eigenvalue weighted by atomic mass is 10.2. The van der Waals surface area contributed by atoms with E-state index in [0.717, 1.165) is 29.8 Å². The Morgan fingerprint density at radius 2 is 1.81 bits per heavy atom. The van der Waals surface area contributed by atoms with Crippen LogP contribution in [0.1, 0.15) is 19.8 Å². The SMILES string of the molecule is CCCn1cc(-c2cccn[nH]cc(-c3cnn(CCCN=O)c3)n2)cn1. The van der Waals surface area contributed by atoms with Crippen molar-refractivity contribution in [2.45, 2.75) is 32.9 Å². The standard InChI is InChI=1S/C18H22N8O/c1-2-8-25-13-15(10-21-25)17-5-3-6-19-20-12-18(24-17)16-11-22-26(14-16)9-4-7-23-27/h3,5-6,10-14,20H,2,4,7-9H2,1H3. The summed E-state index contributed by atoms with van der Waals surface area (Å²) < 4.78 is 3.69. The van der Waals surface area contributed by atoms with Gasteiger partial charge in [-0.05, 0) is 25.0 Å². The first-order valence-corrected chi connectivity index (χ1v) is 8.89. The number of hydrogen-bond donors (Lipinski definition) is 1. The average Bonchev–Trinajstić information content (AvgIpc) is 3.33. The number of rotatable bonds is 8. The summed E-state index contributed by atoms with van der Waals surface area (Å²) in [6, 6.07) is 3.73. The molecule has 0 saturated carbocycles. The van der Waals surface area contributed by atoms with Gasteiger partial charge in [0.05, 0.1) is 30.3 Å². The molecular weight excluding hydrogens is 344 g/mol. The fourth-order valence-corrected chi connectivity index (χ4v) is 2.59. The molecule has 3 aromatic rings. The fraction of sp³-hybridized carbons (Fsp3) is 0.333. The van der Waals surface area contributed by atoms with Crippen molar-refractivity contribution in [2.24, 2.45) is 5.18 Å². The van der Waals surface area contributed by atoms with Crippen LogP contribution in [0.2, 0.25) is 0 Å². The molecule has 0 aromatic carbocycles. The normalized spacial score (nSPS) is 10.6. The monoisotopic (exact) mass is 366 g/mol. The van der Waals surface area contributed by atoms with Crippen LogP contribution in [0.5, 0.6) is 0 Å². The maximum absolute atomic E-state index is 10.2. The molecule has 0 atom stereocenters. The minimum atomic E-state index is 0.281. The highest BCUT2D eigenvalue weighted by Gasteiger charge is 2.06. The molecule has 0 unspecified atom stereocenters. The summed E-state index contributed by atoms with van der Waals surface area (Å²) in [5, 5.41) is 18.5. The summed E-state index contributed by atoms with van der Waals surface area (Å²) in [5.74, 6) is 0. The molecule has 0 radical (unpaired) electrons. The second-order valence-corrected chi connectivity index (χ2v) is 5.98. The number of aryl methyl sites for hydroxylation is 2. The van der Waals surface area contributed by atoms with E-state index < -0.39 is 0 Å². The van der Waals surface area contributed by atoms with E-state index in [0.29, 0.717) is 18.7 Å². The lowest BCUT2D eigenvalue weighted by Crippen LogP contribution is -1.99. The predicted molar refractivity (Wildman–Crippen MR) is 102 cm³/mol. The van der Waals surface area contributed by atoms with Gasteiger partial charge in [0.2, 0.25) is 0 Å². The van der Waals surface area contributed by atoms with Gasteiger partial charge in [-0.15, -0.1) is 0 Å². The largest absolute Gasteiger partial charge is 0.284 e. The third-order valence-corrected chi connectivity index (χ3v) is 3.88. The Bertz CT molecular complexity index is 925. The maximum Gasteiger partial charge on any atom is 0.0917 e. The summed E-state index contributed by atoms with van der Waals surface area (Å²) in [6.45, 7) is 3.89. The van der Waals surface area contributed by atoms with E-state index in [4.69, 9.17) is 4.98 Å². The highest BCUT2D eigenvalue weighted by atomic mass is 16.3. The number of H-pyrrole nitrogens is 1. The van der Waals surface area contributed by atoms with E-state index in [9.17, 15) is 4.91 Å². The Balaban J connectivity index is 1.95. The quantitative estimate of drug-likeness (QED) is 0.486. The molecule has 3 heterocycles. The first-order valence-electron chi connectivity index (χ1n) is 8.89. The van der Waals surface area contributed by atoms with Gasteiger partial charge in [-0.25, -0.2) is 4.98 Å². The van der Waals surface area contributed by atoms with Crippen LogP contribution in [0.4, 0.5) is 0 Å². The number of nitroso groups, excluding NO2 is 1. The van der Waals surface area contributed by atoms with Crippen molar-refractivity contribution in [3.8, 4) is 22.5 Å². The van der Waals surface area contributed by atoms with Crippen molar-refractivity contribution in [1.29, 1.82) is 0 Å². The van der Waals surface area contributed by atoms with Gasteiger partial charge in [0.15, 0.2) is 0 Å². The van der Waals surface area contributed by atoms with Gasteiger partial charge in [0.25, 0.3) is 0 Å². The van der Waals surface area contributed by atoms with Crippen LogP contribution < -0.4 is 0 Å². The van der Waals surface area contributed by atoms with Crippen LogP contribution in [0, 0.1) is 4.91 Å². The minimum Gasteiger partial charge on any atom is -0.284 e. The number of aromatic amines is 1. The Kier molecular flexibility index (Phi) is 6.40. The first kappa shape index (κ1) is 18.4. The van der Waals surface area contributed by atoms with Crippen molar-refractivity contribution >= 4 is 0 Å². The van der Waals surface area contributed by atoms with Crippen molar-refractivity contribution in [2.75, 3.05) is 6.54 Å². The summed E-state index contributed by atoms with van der Waals surface area (Å²) in [5.41, 5.74) is 3.28. The number of nitrogens with zero attached hydrogens (tertiary/aromatic N) is 7. The number of hydrogen-bond acceptors (Lipinski definition) is 6. The second-order valence-electron chi connectivity index (χ2n) is 5.98. The van der Waals surface area contributed by atoms with Gasteiger partial charge in [0.1, 0.15) is 0 Å². The zero-order valence-corrected chi connectivity index (χ0v) is 15.2. The lowest BCUT2D eigenvalue weighted by molar-refractivity contribution is 0.585. The van der Waals surface area contributed by atoms with Gasteiger partial charge in [-0.2, -0.15) is 20.2 Å². The van der Waals surface area contributed by atoms with Crippen LogP contribution in [-0.2, 0) is 13.1 Å². The molecule has 0 aliphatic heterocycles. The topological polar surface area (TPSA) is 107 Å². The molecule has 0 saturated heterocycles. The molecule has 0 aliphatic carbocycles. The van der Waals surface area contributed by atoms with Crippen LogP contribution >= 0.6 is 0 Å². The minimum absolute atomic E-state index is 0.281. The molecule has 0 amide bonds. The molecule has 27 heavy (non-hydrogen) atoms. The van der Waals surface area contributed by atoms with Gasteiger partial charge < -0.3 is 0 Å². The molecule has 140 valence electrons. The molecule has 0 fully saturated rings. The van der Waals surface area contributed by atoms with Crippen LogP contribution in [0.25, 0.3) is 22.5 Å². The van der Waals surface area contributed by atoms with E-state index in [1.54, 1.807) is 23.3 Å². The number of nitrogens with one attached hydrogen (secondary N) is 1. The summed E-state index contributed by atoms with van der Waals surface area (Å²) >= 11 is 0. The molecule has 0 aliphatic rings. The molecule has 3 rings (SSSR count). The fourth-order valence-electron chi connectivity index (χ4n) is 2.59. The zero-order chi connectivity index (χ0) is 18.9. The second kappa shape index (κ2) is 9.37. The van der Waals surface area contributed by atoms with E-state index in [-0.39, 0.29) is 6.54 Å². The van der Waals surface area contributed by atoms with Crippen molar-refractivity contribution in [1.82, 2.24) is 34.7 Å². The van der Waals surface area contributed by atoms with Crippen LogP contribution in [0.3, 0.4) is 0 Å². The molecule has 9 heteroatoms. The Hall–Kier alpha value is -3.36. The predicted octanol–water partition coefficient (Wildman–Crippen LogP) is 3.22. The van der Waals surface area contributed by atoms with Crippen molar-refractivity contribution in [3.63, 3.8) is 0 Å². The van der Waals surface area contributed by atoms with Gasteiger partial charge >= 0.3 is 0 Å².